The van der Waals surface area contributed by atoms with Crippen molar-refractivity contribution >= 4 is 35.4 Å². The van der Waals surface area contributed by atoms with Crippen LogP contribution in [0.1, 0.15) is 26.3 Å². The van der Waals surface area contributed by atoms with Crippen LogP contribution in [0.15, 0.2) is 77.9 Å². The Morgan fingerprint density at radius 3 is 2.40 bits per heavy atom. The molecule has 0 unspecified atom stereocenters. The third kappa shape index (κ3) is 5.49. The number of nitrogens with zero attached hydrogens (tertiary/aromatic N) is 2. The van der Waals surface area contributed by atoms with E-state index in [2.05, 4.69) is 10.5 Å². The van der Waals surface area contributed by atoms with E-state index in [1.807, 2.05) is 0 Å². The van der Waals surface area contributed by atoms with Crippen molar-refractivity contribution in [3.63, 3.8) is 0 Å². The summed E-state index contributed by atoms with van der Waals surface area (Å²) >= 11 is 5.86. The number of hydrogen-bond donors (Lipinski definition) is 1. The third-order valence-corrected chi connectivity index (χ3v) is 4.08. The largest absolute Gasteiger partial charge is 0.423 e. The molecule has 0 aliphatic rings. The van der Waals surface area contributed by atoms with E-state index in [1.54, 1.807) is 42.5 Å². The number of esters is 1. The summed E-state index contributed by atoms with van der Waals surface area (Å²) in [7, 11) is 0. The highest BCUT2D eigenvalue weighted by atomic mass is 35.5. The number of ether oxygens (including phenoxy) is 1. The molecule has 3 aromatic rings. The molecule has 0 atom stereocenters. The summed E-state index contributed by atoms with van der Waals surface area (Å²) < 4.78 is 5.27. The maximum Gasteiger partial charge on any atom is 0.343 e. The lowest BCUT2D eigenvalue weighted by Gasteiger charge is -2.05. The maximum atomic E-state index is 12.1. The number of amides is 1. The van der Waals surface area contributed by atoms with E-state index in [4.69, 9.17) is 16.3 Å². The molecule has 0 fully saturated rings. The molecule has 150 valence electrons. The van der Waals surface area contributed by atoms with Crippen molar-refractivity contribution in [1.29, 1.82) is 0 Å². The van der Waals surface area contributed by atoms with E-state index in [1.165, 1.54) is 30.5 Å². The highest BCUT2D eigenvalue weighted by molar-refractivity contribution is 6.30. The van der Waals surface area contributed by atoms with Gasteiger partial charge in [0.1, 0.15) is 5.75 Å². The van der Waals surface area contributed by atoms with Crippen LogP contribution in [-0.4, -0.2) is 23.0 Å². The topological polar surface area (TPSA) is 111 Å². The fourth-order valence-electron chi connectivity index (χ4n) is 2.39. The number of hydrogen-bond acceptors (Lipinski definition) is 6. The van der Waals surface area contributed by atoms with Crippen molar-refractivity contribution in [3.05, 3.63) is 105 Å². The second-order valence-corrected chi connectivity index (χ2v) is 6.41. The first-order valence-corrected chi connectivity index (χ1v) is 8.96. The monoisotopic (exact) mass is 423 g/mol. The second-order valence-electron chi connectivity index (χ2n) is 5.98. The van der Waals surface area contributed by atoms with Crippen molar-refractivity contribution in [3.8, 4) is 5.75 Å². The SMILES string of the molecule is O=C(NN=Cc1ccc(OC(=O)c2cccc(Cl)c2)cc1)c1cccc([N+](=O)[O-])c1. The summed E-state index contributed by atoms with van der Waals surface area (Å²) in [5.41, 5.74) is 3.19. The van der Waals surface area contributed by atoms with Gasteiger partial charge in [0.05, 0.1) is 16.7 Å². The highest BCUT2D eigenvalue weighted by Gasteiger charge is 2.11. The fraction of sp³-hybridized carbons (Fsp3) is 0. The minimum Gasteiger partial charge on any atom is -0.423 e. The number of hydrazone groups is 1. The van der Waals surface area contributed by atoms with Crippen molar-refractivity contribution in [2.45, 2.75) is 0 Å². The minimum absolute atomic E-state index is 0.115. The summed E-state index contributed by atoms with van der Waals surface area (Å²) in [5, 5.41) is 15.0. The number of carbonyl (C=O) groups is 2. The maximum absolute atomic E-state index is 12.1. The number of non-ortho nitro benzene ring substituents is 1. The Hall–Kier alpha value is -4.04. The lowest BCUT2D eigenvalue weighted by molar-refractivity contribution is -0.384. The molecule has 9 heteroatoms. The molecule has 3 aromatic carbocycles. The van der Waals surface area contributed by atoms with Gasteiger partial charge >= 0.3 is 5.97 Å². The van der Waals surface area contributed by atoms with Gasteiger partial charge in [0, 0.05) is 22.7 Å². The quantitative estimate of drug-likeness (QED) is 0.210. The van der Waals surface area contributed by atoms with Gasteiger partial charge in [-0.25, -0.2) is 10.2 Å². The van der Waals surface area contributed by atoms with E-state index in [0.29, 0.717) is 21.9 Å². The van der Waals surface area contributed by atoms with Gasteiger partial charge < -0.3 is 4.74 Å². The zero-order chi connectivity index (χ0) is 21.5. The van der Waals surface area contributed by atoms with Gasteiger partial charge in [-0.2, -0.15) is 5.10 Å². The van der Waals surface area contributed by atoms with Crippen LogP contribution in [0.3, 0.4) is 0 Å². The molecule has 8 nitrogen and oxygen atoms in total. The first-order chi connectivity index (χ1) is 14.4. The van der Waals surface area contributed by atoms with Gasteiger partial charge in [-0.1, -0.05) is 23.7 Å². The fourth-order valence-corrected chi connectivity index (χ4v) is 2.58. The van der Waals surface area contributed by atoms with Crippen LogP contribution in [0.2, 0.25) is 5.02 Å². The van der Waals surface area contributed by atoms with Crippen LogP contribution in [0.25, 0.3) is 0 Å². The molecule has 30 heavy (non-hydrogen) atoms. The highest BCUT2D eigenvalue weighted by Crippen LogP contribution is 2.16. The second kappa shape index (κ2) is 9.44. The number of nitro benzene ring substituents is 1. The minimum atomic E-state index is -0.583. The average Bonchev–Trinajstić information content (AvgIpc) is 2.75. The van der Waals surface area contributed by atoms with Crippen LogP contribution in [0.5, 0.6) is 5.75 Å². The molecule has 0 spiro atoms. The first-order valence-electron chi connectivity index (χ1n) is 8.58. The van der Waals surface area contributed by atoms with Gasteiger partial charge in [0.2, 0.25) is 0 Å². The molecule has 3 rings (SSSR count). The number of nitro groups is 1. The Labute approximate surface area is 175 Å². The molecule has 1 amide bonds. The molecular formula is C21H14ClN3O5. The molecule has 0 radical (unpaired) electrons. The molecule has 1 N–H and O–H groups in total. The van der Waals surface area contributed by atoms with Gasteiger partial charge in [-0.15, -0.1) is 0 Å². The van der Waals surface area contributed by atoms with Gasteiger partial charge in [-0.3, -0.25) is 14.9 Å². The van der Waals surface area contributed by atoms with Crippen LogP contribution in [0, 0.1) is 10.1 Å². The first kappa shape index (κ1) is 20.7. The summed E-state index contributed by atoms with van der Waals surface area (Å²) in [5.74, 6) is -0.789. The summed E-state index contributed by atoms with van der Waals surface area (Å²) in [4.78, 5) is 34.3. The van der Waals surface area contributed by atoms with Crippen LogP contribution in [0.4, 0.5) is 5.69 Å². The Morgan fingerprint density at radius 1 is 1.00 bits per heavy atom. The van der Waals surface area contributed by atoms with Crippen molar-refractivity contribution < 1.29 is 19.2 Å². The van der Waals surface area contributed by atoms with E-state index in [0.717, 1.165) is 6.07 Å². The van der Waals surface area contributed by atoms with Gasteiger partial charge in [0.25, 0.3) is 11.6 Å². The molecule has 0 aromatic heterocycles. The lowest BCUT2D eigenvalue weighted by atomic mass is 10.2. The standard InChI is InChI=1S/C21H14ClN3O5/c22-17-5-1-4-16(11-17)21(27)30-19-9-7-14(8-10-19)13-23-24-20(26)15-3-2-6-18(12-15)25(28)29/h1-13H,(H,24,26). The molecule has 0 aliphatic heterocycles. The number of benzene rings is 3. The van der Waals surface area contributed by atoms with E-state index in [9.17, 15) is 19.7 Å². The van der Waals surface area contributed by atoms with E-state index < -0.39 is 16.8 Å². The summed E-state index contributed by atoms with van der Waals surface area (Å²) in [6.45, 7) is 0. The van der Waals surface area contributed by atoms with Crippen LogP contribution < -0.4 is 10.2 Å². The Morgan fingerprint density at radius 2 is 1.70 bits per heavy atom. The number of halogens is 1. The van der Waals surface area contributed by atoms with E-state index in [-0.39, 0.29) is 11.3 Å². The van der Waals surface area contributed by atoms with Crippen molar-refractivity contribution in [2.24, 2.45) is 5.10 Å². The number of nitrogens with one attached hydrogen (secondary N) is 1. The van der Waals surface area contributed by atoms with Crippen molar-refractivity contribution in [1.82, 2.24) is 5.43 Å². The molecule has 0 aliphatic carbocycles. The third-order valence-electron chi connectivity index (χ3n) is 3.85. The zero-order valence-electron chi connectivity index (χ0n) is 15.3. The predicted molar refractivity (Wildman–Crippen MR) is 111 cm³/mol. The van der Waals surface area contributed by atoms with Crippen LogP contribution >= 0.6 is 11.6 Å². The Kier molecular flexibility index (Phi) is 6.51. The molecule has 0 saturated carbocycles. The van der Waals surface area contributed by atoms with E-state index >= 15 is 0 Å². The molecular weight excluding hydrogens is 410 g/mol. The molecule has 0 heterocycles. The summed E-state index contributed by atoms with van der Waals surface area (Å²) in [6.07, 6.45) is 1.39. The number of rotatable bonds is 6. The predicted octanol–water partition coefficient (Wildman–Crippen LogP) is 4.23. The average molecular weight is 424 g/mol. The Balaban J connectivity index is 1.58. The normalized spacial score (nSPS) is 10.6. The van der Waals surface area contributed by atoms with Gasteiger partial charge in [0.15, 0.2) is 0 Å². The zero-order valence-corrected chi connectivity index (χ0v) is 16.1. The smallest absolute Gasteiger partial charge is 0.343 e. The van der Waals surface area contributed by atoms with Gasteiger partial charge in [-0.05, 0) is 54.1 Å². The van der Waals surface area contributed by atoms with Crippen LogP contribution in [-0.2, 0) is 0 Å². The Bertz CT molecular complexity index is 1130. The number of carbonyl (C=O) groups excluding carboxylic acids is 2. The lowest BCUT2D eigenvalue weighted by Crippen LogP contribution is -2.17. The van der Waals surface area contributed by atoms with Crippen molar-refractivity contribution in [2.75, 3.05) is 0 Å². The molecule has 0 bridgehead atoms. The summed E-state index contributed by atoms with van der Waals surface area (Å²) in [6, 6.07) is 18.2. The molecule has 0 saturated heterocycles.